The summed E-state index contributed by atoms with van der Waals surface area (Å²) < 4.78 is 102. The highest BCUT2D eigenvalue weighted by Gasteiger charge is 2.36. The van der Waals surface area contributed by atoms with Crippen LogP contribution in [0.3, 0.4) is 0 Å². The summed E-state index contributed by atoms with van der Waals surface area (Å²) in [5.41, 5.74) is -4.06. The topological polar surface area (TPSA) is 0 Å². The lowest BCUT2D eigenvalue weighted by Gasteiger charge is -2.14. The van der Waals surface area contributed by atoms with Crippen molar-refractivity contribution in [1.82, 2.24) is 0 Å². The molecule has 2 aromatic carbocycles. The Morgan fingerprint density at radius 1 is 0.696 bits per heavy atom. The number of alkyl halides is 8. The third kappa shape index (κ3) is 3.80. The zero-order valence-corrected chi connectivity index (χ0v) is 11.1. The van der Waals surface area contributed by atoms with Crippen molar-refractivity contribution < 1.29 is 35.1 Å². The van der Waals surface area contributed by atoms with Gasteiger partial charge in [-0.25, -0.2) is 8.78 Å². The van der Waals surface area contributed by atoms with Gasteiger partial charge in [0.1, 0.15) is 0 Å². The minimum atomic E-state index is -4.97. The van der Waals surface area contributed by atoms with Crippen molar-refractivity contribution >= 4 is 0 Å². The molecule has 0 nitrogen and oxygen atoms in total. The number of halogens is 8. The monoisotopic (exact) mass is 340 g/mol. The number of benzene rings is 2. The molecule has 0 atom stereocenters. The maximum Gasteiger partial charge on any atom is 0.416 e. The molecule has 0 saturated carbocycles. The first-order valence-electron chi connectivity index (χ1n) is 6.17. The van der Waals surface area contributed by atoms with Crippen LogP contribution < -0.4 is 0 Å². The standard InChI is InChI=1S/C15H8F8/c16-13(17)11-7-9(4-5-12(11)15(21,22)23)8-2-1-3-10(6-8)14(18,19)20/h1-7,13H. The van der Waals surface area contributed by atoms with Gasteiger partial charge in [0.05, 0.1) is 11.1 Å². The zero-order valence-electron chi connectivity index (χ0n) is 11.1. The fraction of sp³-hybridized carbons (Fsp3) is 0.200. The lowest BCUT2D eigenvalue weighted by molar-refractivity contribution is -0.139. The molecule has 23 heavy (non-hydrogen) atoms. The van der Waals surface area contributed by atoms with Gasteiger partial charge in [-0.15, -0.1) is 0 Å². The molecule has 2 aromatic rings. The van der Waals surface area contributed by atoms with Gasteiger partial charge >= 0.3 is 12.4 Å². The van der Waals surface area contributed by atoms with E-state index in [9.17, 15) is 35.1 Å². The molecule has 0 radical (unpaired) electrons. The molecule has 0 aliphatic carbocycles. The van der Waals surface area contributed by atoms with Crippen molar-refractivity contribution in [3.8, 4) is 11.1 Å². The summed E-state index contributed by atoms with van der Waals surface area (Å²) in [6.45, 7) is 0. The van der Waals surface area contributed by atoms with Crippen molar-refractivity contribution in [3.63, 3.8) is 0 Å². The van der Waals surface area contributed by atoms with Crippen LogP contribution in [0, 0.1) is 0 Å². The number of hydrogen-bond acceptors (Lipinski definition) is 0. The molecule has 0 aliphatic rings. The second-order valence-corrected chi connectivity index (χ2v) is 4.68. The Morgan fingerprint density at radius 3 is 1.83 bits per heavy atom. The van der Waals surface area contributed by atoms with Crippen LogP contribution in [0.5, 0.6) is 0 Å². The van der Waals surface area contributed by atoms with Gasteiger partial charge in [-0.05, 0) is 35.4 Å². The van der Waals surface area contributed by atoms with Crippen molar-refractivity contribution in [3.05, 3.63) is 59.2 Å². The molecular formula is C15H8F8. The minimum Gasteiger partial charge on any atom is -0.205 e. The van der Waals surface area contributed by atoms with E-state index in [1.54, 1.807) is 0 Å². The maximum atomic E-state index is 12.8. The predicted molar refractivity (Wildman–Crippen MR) is 66.8 cm³/mol. The molecule has 124 valence electrons. The molecule has 0 fully saturated rings. The number of hydrogen-bond donors (Lipinski definition) is 0. The Hall–Kier alpha value is -2.12. The summed E-state index contributed by atoms with van der Waals surface area (Å²) in [6, 6.07) is 5.59. The van der Waals surface area contributed by atoms with Crippen LogP contribution in [0.15, 0.2) is 42.5 Å². The van der Waals surface area contributed by atoms with E-state index in [0.29, 0.717) is 18.2 Å². The van der Waals surface area contributed by atoms with Crippen LogP contribution in [0.2, 0.25) is 0 Å². The summed E-state index contributed by atoms with van der Waals surface area (Å²) in [4.78, 5) is 0. The van der Waals surface area contributed by atoms with Crippen LogP contribution in [-0.2, 0) is 12.4 Å². The van der Waals surface area contributed by atoms with Gasteiger partial charge in [0.15, 0.2) is 0 Å². The molecule has 2 rings (SSSR count). The Labute approximate surface area is 125 Å². The molecule has 8 heteroatoms. The van der Waals surface area contributed by atoms with Gasteiger partial charge in [-0.2, -0.15) is 26.3 Å². The second-order valence-electron chi connectivity index (χ2n) is 4.68. The Kier molecular flexibility index (Phi) is 4.37. The summed E-state index contributed by atoms with van der Waals surface area (Å²) in [5, 5.41) is 0. The van der Waals surface area contributed by atoms with E-state index >= 15 is 0 Å². The first-order chi connectivity index (χ1) is 10.5. The van der Waals surface area contributed by atoms with E-state index in [0.717, 1.165) is 18.2 Å². The van der Waals surface area contributed by atoms with Crippen LogP contribution in [0.1, 0.15) is 23.1 Å². The van der Waals surface area contributed by atoms with E-state index in [4.69, 9.17) is 0 Å². The van der Waals surface area contributed by atoms with E-state index in [1.807, 2.05) is 0 Å². The van der Waals surface area contributed by atoms with Gasteiger partial charge in [0.2, 0.25) is 0 Å². The quantitative estimate of drug-likeness (QED) is 0.561. The van der Waals surface area contributed by atoms with Crippen LogP contribution in [-0.4, -0.2) is 0 Å². The minimum absolute atomic E-state index is 0.101. The van der Waals surface area contributed by atoms with Crippen LogP contribution >= 0.6 is 0 Å². The van der Waals surface area contributed by atoms with Gasteiger partial charge in [0.25, 0.3) is 6.43 Å². The van der Waals surface area contributed by atoms with E-state index < -0.39 is 35.5 Å². The average molecular weight is 340 g/mol. The molecule has 0 amide bonds. The fourth-order valence-electron chi connectivity index (χ4n) is 2.06. The lowest BCUT2D eigenvalue weighted by Crippen LogP contribution is -2.09. The van der Waals surface area contributed by atoms with Crippen molar-refractivity contribution in [2.45, 2.75) is 18.8 Å². The first kappa shape index (κ1) is 17.2. The van der Waals surface area contributed by atoms with E-state index in [1.165, 1.54) is 6.07 Å². The van der Waals surface area contributed by atoms with Crippen LogP contribution in [0.4, 0.5) is 35.1 Å². The SMILES string of the molecule is FC(F)c1cc(-c2cccc(C(F)(F)F)c2)ccc1C(F)(F)F. The molecule has 0 heterocycles. The summed E-state index contributed by atoms with van der Waals surface area (Å²) in [6.07, 6.45) is -13.0. The zero-order chi connectivity index (χ0) is 17.4. The average Bonchev–Trinajstić information content (AvgIpc) is 2.45. The molecule has 0 bridgehead atoms. The van der Waals surface area contributed by atoms with Gasteiger partial charge in [-0.3, -0.25) is 0 Å². The van der Waals surface area contributed by atoms with Gasteiger partial charge in [0, 0.05) is 5.56 Å². The summed E-state index contributed by atoms with van der Waals surface area (Å²) in [5.74, 6) is 0. The number of rotatable bonds is 2. The largest absolute Gasteiger partial charge is 0.416 e. The smallest absolute Gasteiger partial charge is 0.205 e. The third-order valence-electron chi connectivity index (χ3n) is 3.12. The maximum absolute atomic E-state index is 12.8. The molecule has 0 aromatic heterocycles. The summed E-state index contributed by atoms with van der Waals surface area (Å²) >= 11 is 0. The molecular weight excluding hydrogens is 332 g/mol. The summed E-state index contributed by atoms with van der Waals surface area (Å²) in [7, 11) is 0. The Balaban J connectivity index is 2.56. The third-order valence-corrected chi connectivity index (χ3v) is 3.12. The molecule has 0 spiro atoms. The second kappa shape index (κ2) is 5.82. The van der Waals surface area contributed by atoms with E-state index in [-0.39, 0.29) is 11.1 Å². The van der Waals surface area contributed by atoms with Gasteiger partial charge in [-0.1, -0.05) is 18.2 Å². The highest BCUT2D eigenvalue weighted by molar-refractivity contribution is 5.66. The molecule has 0 N–H and O–H groups in total. The Bertz CT molecular complexity index is 697. The van der Waals surface area contributed by atoms with Crippen molar-refractivity contribution in [2.75, 3.05) is 0 Å². The van der Waals surface area contributed by atoms with Gasteiger partial charge < -0.3 is 0 Å². The van der Waals surface area contributed by atoms with E-state index in [2.05, 4.69) is 0 Å². The van der Waals surface area contributed by atoms with Crippen molar-refractivity contribution in [2.24, 2.45) is 0 Å². The predicted octanol–water partition coefficient (Wildman–Crippen LogP) is 6.33. The lowest BCUT2D eigenvalue weighted by atomic mass is 9.97. The van der Waals surface area contributed by atoms with Crippen molar-refractivity contribution in [1.29, 1.82) is 0 Å². The molecule has 0 saturated heterocycles. The first-order valence-corrected chi connectivity index (χ1v) is 6.17. The molecule has 0 aliphatic heterocycles. The molecule has 0 unspecified atom stereocenters. The van der Waals surface area contributed by atoms with Crippen LogP contribution in [0.25, 0.3) is 11.1 Å². The highest BCUT2D eigenvalue weighted by Crippen LogP contribution is 2.39. The highest BCUT2D eigenvalue weighted by atomic mass is 19.4. The Morgan fingerprint density at radius 2 is 1.30 bits per heavy atom. The fourth-order valence-corrected chi connectivity index (χ4v) is 2.06. The normalized spacial score (nSPS) is 12.7.